The highest BCUT2D eigenvalue weighted by atomic mass is 16.5. The first-order valence-corrected chi connectivity index (χ1v) is 7.29. The lowest BCUT2D eigenvalue weighted by atomic mass is 10.1. The van der Waals surface area contributed by atoms with Crippen LogP contribution in [0.5, 0.6) is 11.5 Å². The Morgan fingerprint density at radius 3 is 2.25 bits per heavy atom. The molecule has 4 heteroatoms. The fourth-order valence-electron chi connectivity index (χ4n) is 1.65. The molecule has 4 nitrogen and oxygen atoms in total. The van der Waals surface area contributed by atoms with Crippen molar-refractivity contribution >= 4 is 5.91 Å². The Kier molecular flexibility index (Phi) is 6.91. The molecule has 0 aliphatic rings. The molecular weight excluding hydrogens is 254 g/mol. The van der Waals surface area contributed by atoms with Gasteiger partial charge in [-0.2, -0.15) is 0 Å². The van der Waals surface area contributed by atoms with Crippen LogP contribution in [0, 0.1) is 0 Å². The molecule has 1 aromatic rings. The summed E-state index contributed by atoms with van der Waals surface area (Å²) in [7, 11) is 0. The van der Waals surface area contributed by atoms with Crippen LogP contribution < -0.4 is 14.8 Å². The zero-order valence-electron chi connectivity index (χ0n) is 12.9. The van der Waals surface area contributed by atoms with E-state index in [4.69, 9.17) is 9.47 Å². The minimum absolute atomic E-state index is 0.0941. The first-order valence-electron chi connectivity index (χ1n) is 7.29. The summed E-state index contributed by atoms with van der Waals surface area (Å²) in [6.07, 6.45) is 1.85. The third kappa shape index (κ3) is 5.11. The molecule has 0 radical (unpaired) electrons. The molecule has 1 amide bonds. The summed E-state index contributed by atoms with van der Waals surface area (Å²) in [5, 5.41) is 2.87. The normalized spacial score (nSPS) is 10.4. The zero-order valence-corrected chi connectivity index (χ0v) is 12.9. The SMILES string of the molecule is CCCOc1ccc(C(=O)NC(C)C)cc1OCCC. The van der Waals surface area contributed by atoms with E-state index in [1.807, 2.05) is 20.8 Å². The first-order chi connectivity index (χ1) is 9.58. The molecule has 0 atom stereocenters. The van der Waals surface area contributed by atoms with Crippen LogP contribution in [0.15, 0.2) is 18.2 Å². The number of hydrogen-bond donors (Lipinski definition) is 1. The second kappa shape index (κ2) is 8.46. The van der Waals surface area contributed by atoms with Gasteiger partial charge in [0.1, 0.15) is 0 Å². The van der Waals surface area contributed by atoms with E-state index < -0.39 is 0 Å². The summed E-state index contributed by atoms with van der Waals surface area (Å²) in [6.45, 7) is 9.22. The van der Waals surface area contributed by atoms with E-state index in [-0.39, 0.29) is 11.9 Å². The Morgan fingerprint density at radius 1 is 1.10 bits per heavy atom. The van der Waals surface area contributed by atoms with E-state index in [1.165, 1.54) is 0 Å². The average molecular weight is 279 g/mol. The van der Waals surface area contributed by atoms with Crippen LogP contribution >= 0.6 is 0 Å². The maximum atomic E-state index is 12.0. The maximum Gasteiger partial charge on any atom is 0.251 e. The van der Waals surface area contributed by atoms with Crippen LogP contribution in [0.1, 0.15) is 50.9 Å². The Hall–Kier alpha value is -1.71. The van der Waals surface area contributed by atoms with Crippen molar-refractivity contribution in [2.45, 2.75) is 46.6 Å². The van der Waals surface area contributed by atoms with Crippen LogP contribution in [0.4, 0.5) is 0 Å². The van der Waals surface area contributed by atoms with E-state index >= 15 is 0 Å². The molecule has 0 heterocycles. The summed E-state index contributed by atoms with van der Waals surface area (Å²) in [6, 6.07) is 5.42. The molecule has 1 aromatic carbocycles. The molecule has 0 unspecified atom stereocenters. The van der Waals surface area contributed by atoms with Crippen molar-refractivity contribution in [3.8, 4) is 11.5 Å². The highest BCUT2D eigenvalue weighted by Gasteiger charge is 2.12. The zero-order chi connectivity index (χ0) is 15.0. The van der Waals surface area contributed by atoms with E-state index in [1.54, 1.807) is 18.2 Å². The third-order valence-corrected chi connectivity index (χ3v) is 2.55. The molecule has 0 bridgehead atoms. The van der Waals surface area contributed by atoms with Crippen LogP contribution in [0.25, 0.3) is 0 Å². The average Bonchev–Trinajstić information content (AvgIpc) is 2.42. The number of nitrogens with one attached hydrogen (secondary N) is 1. The molecule has 1 rings (SSSR count). The Bertz CT molecular complexity index is 430. The lowest BCUT2D eigenvalue weighted by Crippen LogP contribution is -2.30. The molecule has 20 heavy (non-hydrogen) atoms. The van der Waals surface area contributed by atoms with Crippen molar-refractivity contribution in [1.82, 2.24) is 5.32 Å². The number of carbonyl (C=O) groups excluding carboxylic acids is 1. The van der Waals surface area contributed by atoms with Gasteiger partial charge in [0.05, 0.1) is 13.2 Å². The number of ether oxygens (including phenoxy) is 2. The molecule has 0 fully saturated rings. The van der Waals surface area contributed by atoms with Gasteiger partial charge in [0.15, 0.2) is 11.5 Å². The van der Waals surface area contributed by atoms with Crippen molar-refractivity contribution in [1.29, 1.82) is 0 Å². The van der Waals surface area contributed by atoms with Gasteiger partial charge in [-0.3, -0.25) is 4.79 Å². The number of benzene rings is 1. The maximum absolute atomic E-state index is 12.0. The number of rotatable bonds is 8. The number of amides is 1. The van der Waals surface area contributed by atoms with Crippen LogP contribution in [-0.2, 0) is 0 Å². The Labute approximate surface area is 121 Å². The molecule has 0 aromatic heterocycles. The highest BCUT2D eigenvalue weighted by Crippen LogP contribution is 2.28. The van der Waals surface area contributed by atoms with Gasteiger partial charge < -0.3 is 14.8 Å². The fourth-order valence-corrected chi connectivity index (χ4v) is 1.65. The smallest absolute Gasteiger partial charge is 0.251 e. The second-order valence-corrected chi connectivity index (χ2v) is 4.99. The molecule has 0 aliphatic heterocycles. The van der Waals surface area contributed by atoms with Gasteiger partial charge in [-0.25, -0.2) is 0 Å². The minimum Gasteiger partial charge on any atom is -0.490 e. The quantitative estimate of drug-likeness (QED) is 0.793. The standard InChI is InChI=1S/C16H25NO3/c1-5-9-19-14-8-7-13(16(18)17-12(3)4)11-15(14)20-10-6-2/h7-8,11-12H,5-6,9-10H2,1-4H3,(H,17,18). The highest BCUT2D eigenvalue weighted by molar-refractivity contribution is 5.95. The second-order valence-electron chi connectivity index (χ2n) is 4.99. The Morgan fingerprint density at radius 2 is 1.70 bits per heavy atom. The van der Waals surface area contributed by atoms with Crippen LogP contribution in [0.3, 0.4) is 0 Å². The van der Waals surface area contributed by atoms with Crippen molar-refractivity contribution in [3.63, 3.8) is 0 Å². The number of hydrogen-bond acceptors (Lipinski definition) is 3. The molecule has 1 N–H and O–H groups in total. The van der Waals surface area contributed by atoms with Crippen molar-refractivity contribution in [2.75, 3.05) is 13.2 Å². The summed E-state index contributed by atoms with van der Waals surface area (Å²) >= 11 is 0. The van der Waals surface area contributed by atoms with Gasteiger partial charge in [-0.05, 0) is 44.9 Å². The van der Waals surface area contributed by atoms with Crippen LogP contribution in [-0.4, -0.2) is 25.2 Å². The van der Waals surface area contributed by atoms with E-state index in [9.17, 15) is 4.79 Å². The van der Waals surface area contributed by atoms with Gasteiger partial charge in [0, 0.05) is 11.6 Å². The summed E-state index contributed by atoms with van der Waals surface area (Å²) in [4.78, 5) is 12.0. The molecule has 0 spiro atoms. The molecular formula is C16H25NO3. The van der Waals surface area contributed by atoms with E-state index in [0.717, 1.165) is 12.8 Å². The largest absolute Gasteiger partial charge is 0.490 e. The van der Waals surface area contributed by atoms with Crippen molar-refractivity contribution in [2.24, 2.45) is 0 Å². The predicted octanol–water partition coefficient (Wildman–Crippen LogP) is 3.40. The third-order valence-electron chi connectivity index (χ3n) is 2.55. The van der Waals surface area contributed by atoms with Gasteiger partial charge in [0.2, 0.25) is 0 Å². The minimum atomic E-state index is -0.0941. The summed E-state index contributed by atoms with van der Waals surface area (Å²) < 4.78 is 11.3. The Balaban J connectivity index is 2.90. The van der Waals surface area contributed by atoms with Gasteiger partial charge in [0.25, 0.3) is 5.91 Å². The molecule has 0 aliphatic carbocycles. The summed E-state index contributed by atoms with van der Waals surface area (Å²) in [5.41, 5.74) is 0.591. The monoisotopic (exact) mass is 279 g/mol. The lowest BCUT2D eigenvalue weighted by Gasteiger charge is -2.14. The fraction of sp³-hybridized carbons (Fsp3) is 0.562. The van der Waals surface area contributed by atoms with Crippen molar-refractivity contribution in [3.05, 3.63) is 23.8 Å². The van der Waals surface area contributed by atoms with Crippen LogP contribution in [0.2, 0.25) is 0 Å². The summed E-state index contributed by atoms with van der Waals surface area (Å²) in [5.74, 6) is 1.24. The molecule has 0 saturated carbocycles. The van der Waals surface area contributed by atoms with Crippen molar-refractivity contribution < 1.29 is 14.3 Å². The van der Waals surface area contributed by atoms with Gasteiger partial charge >= 0.3 is 0 Å². The van der Waals surface area contributed by atoms with Gasteiger partial charge in [-0.15, -0.1) is 0 Å². The van der Waals surface area contributed by atoms with Gasteiger partial charge in [-0.1, -0.05) is 13.8 Å². The van der Waals surface area contributed by atoms with E-state index in [2.05, 4.69) is 12.2 Å². The topological polar surface area (TPSA) is 47.6 Å². The molecule has 0 saturated heterocycles. The number of carbonyl (C=O) groups is 1. The first kappa shape index (κ1) is 16.3. The lowest BCUT2D eigenvalue weighted by molar-refractivity contribution is 0.0942. The van der Waals surface area contributed by atoms with E-state index in [0.29, 0.717) is 30.3 Å². The molecule has 112 valence electrons. The predicted molar refractivity (Wildman–Crippen MR) is 80.6 cm³/mol.